The summed E-state index contributed by atoms with van der Waals surface area (Å²) < 4.78 is 39.8. The minimum atomic E-state index is -4.78. The lowest BCUT2D eigenvalue weighted by molar-refractivity contribution is -0.385. The number of benzene rings is 2. The van der Waals surface area contributed by atoms with E-state index in [2.05, 4.69) is 10.6 Å². The summed E-state index contributed by atoms with van der Waals surface area (Å²) in [5.74, 6) is -1.45. The van der Waals surface area contributed by atoms with E-state index in [-0.39, 0.29) is 16.9 Å². The number of nitro groups is 1. The van der Waals surface area contributed by atoms with E-state index in [0.29, 0.717) is 6.07 Å². The zero-order chi connectivity index (χ0) is 20.9. The molecule has 0 radical (unpaired) electrons. The first-order valence-corrected chi connectivity index (χ1v) is 7.79. The van der Waals surface area contributed by atoms with Crippen LogP contribution in [0, 0.1) is 10.1 Å². The molecule has 2 aromatic rings. The van der Waals surface area contributed by atoms with Crippen molar-refractivity contribution in [1.29, 1.82) is 0 Å². The molecule has 0 bridgehead atoms. The molecule has 0 saturated heterocycles. The van der Waals surface area contributed by atoms with Gasteiger partial charge >= 0.3 is 6.18 Å². The second-order valence-corrected chi connectivity index (χ2v) is 5.58. The molecule has 0 aliphatic rings. The smallest absolute Gasteiger partial charge is 0.326 e. The fraction of sp³-hybridized carbons (Fsp3) is 0.111. The van der Waals surface area contributed by atoms with Gasteiger partial charge in [0.1, 0.15) is 0 Å². The van der Waals surface area contributed by atoms with Gasteiger partial charge in [-0.3, -0.25) is 19.7 Å². The lowest BCUT2D eigenvalue weighted by atomic mass is 10.1. The number of carbonyl (C=O) groups excluding carboxylic acids is 2. The summed E-state index contributed by atoms with van der Waals surface area (Å²) in [5, 5.41) is 15.3. The third kappa shape index (κ3) is 5.40. The van der Waals surface area contributed by atoms with E-state index < -0.39 is 34.2 Å². The lowest BCUT2D eigenvalue weighted by Gasteiger charge is -2.15. The molecule has 0 aromatic heterocycles. The Labute approximate surface area is 157 Å². The standard InChI is InChI=1S/C18H14F3N3O4/c1-11(25)22-13-7-8-15(14(10-13)18(19,20)21)23-17(26)9-6-12-4-2-3-5-16(12)24(27)28/h2-10H,1H3,(H,22,25)(H,23,26)/b9-6+. The molecule has 2 N–H and O–H groups in total. The Kier molecular flexibility index (Phi) is 6.14. The van der Waals surface area contributed by atoms with Gasteiger partial charge in [0.25, 0.3) is 5.69 Å². The lowest BCUT2D eigenvalue weighted by Crippen LogP contribution is -2.16. The van der Waals surface area contributed by atoms with Crippen LogP contribution < -0.4 is 10.6 Å². The first kappa shape index (κ1) is 20.6. The van der Waals surface area contributed by atoms with Crippen molar-refractivity contribution in [2.75, 3.05) is 10.6 Å². The zero-order valence-electron chi connectivity index (χ0n) is 14.4. The van der Waals surface area contributed by atoms with Gasteiger partial charge in [-0.2, -0.15) is 13.2 Å². The number of hydrogen-bond acceptors (Lipinski definition) is 4. The van der Waals surface area contributed by atoms with Gasteiger partial charge in [0.15, 0.2) is 0 Å². The number of amides is 2. The molecular formula is C18H14F3N3O4. The number of rotatable bonds is 5. The number of hydrogen-bond donors (Lipinski definition) is 2. The van der Waals surface area contributed by atoms with Gasteiger partial charge in [0.2, 0.25) is 11.8 Å². The number of para-hydroxylation sites is 1. The summed E-state index contributed by atoms with van der Waals surface area (Å²) in [6, 6.07) is 8.51. The van der Waals surface area contributed by atoms with Crippen molar-refractivity contribution in [3.8, 4) is 0 Å². The van der Waals surface area contributed by atoms with Crippen molar-refractivity contribution in [2.24, 2.45) is 0 Å². The van der Waals surface area contributed by atoms with Crippen molar-refractivity contribution in [1.82, 2.24) is 0 Å². The highest BCUT2D eigenvalue weighted by molar-refractivity contribution is 6.03. The molecule has 0 aliphatic heterocycles. The Balaban J connectivity index is 2.26. The molecule has 0 saturated carbocycles. The number of carbonyl (C=O) groups is 2. The molecule has 0 aliphatic carbocycles. The van der Waals surface area contributed by atoms with Crippen molar-refractivity contribution >= 4 is 35.0 Å². The highest BCUT2D eigenvalue weighted by Gasteiger charge is 2.34. The van der Waals surface area contributed by atoms with Gasteiger partial charge in [0, 0.05) is 24.8 Å². The number of halogens is 3. The molecule has 10 heteroatoms. The van der Waals surface area contributed by atoms with Gasteiger partial charge in [-0.15, -0.1) is 0 Å². The van der Waals surface area contributed by atoms with Crippen LogP contribution in [0.15, 0.2) is 48.5 Å². The van der Waals surface area contributed by atoms with Gasteiger partial charge < -0.3 is 10.6 Å². The summed E-state index contributed by atoms with van der Waals surface area (Å²) >= 11 is 0. The highest BCUT2D eigenvalue weighted by Crippen LogP contribution is 2.36. The Morgan fingerprint density at radius 1 is 1.11 bits per heavy atom. The van der Waals surface area contributed by atoms with Crippen molar-refractivity contribution in [2.45, 2.75) is 13.1 Å². The monoisotopic (exact) mass is 393 g/mol. The quantitative estimate of drug-likeness (QED) is 0.451. The molecule has 0 heterocycles. The Hall–Kier alpha value is -3.69. The number of alkyl halides is 3. The number of nitrogens with zero attached hydrogens (tertiary/aromatic N) is 1. The van der Waals surface area contributed by atoms with E-state index in [1.807, 2.05) is 0 Å². The predicted molar refractivity (Wildman–Crippen MR) is 96.5 cm³/mol. The van der Waals surface area contributed by atoms with Gasteiger partial charge in [0.05, 0.1) is 21.7 Å². The second kappa shape index (κ2) is 8.33. The highest BCUT2D eigenvalue weighted by atomic mass is 19.4. The molecule has 0 spiro atoms. The molecule has 146 valence electrons. The molecule has 0 fully saturated rings. The Morgan fingerprint density at radius 3 is 2.39 bits per heavy atom. The second-order valence-electron chi connectivity index (χ2n) is 5.58. The van der Waals surface area contributed by atoms with Gasteiger partial charge in [-0.1, -0.05) is 12.1 Å². The van der Waals surface area contributed by atoms with Crippen LogP contribution in [0.4, 0.5) is 30.2 Å². The fourth-order valence-corrected chi connectivity index (χ4v) is 2.30. The molecule has 7 nitrogen and oxygen atoms in total. The Morgan fingerprint density at radius 2 is 1.79 bits per heavy atom. The maximum atomic E-state index is 13.3. The van der Waals surface area contributed by atoms with Crippen LogP contribution in [-0.4, -0.2) is 16.7 Å². The van der Waals surface area contributed by atoms with Gasteiger partial charge in [-0.05, 0) is 30.3 Å². The topological polar surface area (TPSA) is 101 Å². The third-order valence-corrected chi connectivity index (χ3v) is 3.45. The summed E-state index contributed by atoms with van der Waals surface area (Å²) in [6.45, 7) is 1.15. The van der Waals surface area contributed by atoms with E-state index in [9.17, 15) is 32.9 Å². The third-order valence-electron chi connectivity index (χ3n) is 3.45. The van der Waals surface area contributed by atoms with Crippen LogP contribution in [0.5, 0.6) is 0 Å². The average molecular weight is 393 g/mol. The van der Waals surface area contributed by atoms with E-state index in [1.165, 1.54) is 30.3 Å². The summed E-state index contributed by atoms with van der Waals surface area (Å²) in [4.78, 5) is 33.3. The van der Waals surface area contributed by atoms with Crippen molar-refractivity contribution < 1.29 is 27.7 Å². The predicted octanol–water partition coefficient (Wildman–Crippen LogP) is 4.22. The first-order chi connectivity index (χ1) is 13.1. The molecule has 2 amide bonds. The molecule has 0 atom stereocenters. The van der Waals surface area contributed by atoms with E-state index in [4.69, 9.17) is 0 Å². The van der Waals surface area contributed by atoms with E-state index >= 15 is 0 Å². The minimum Gasteiger partial charge on any atom is -0.326 e. The normalized spacial score (nSPS) is 11.3. The van der Waals surface area contributed by atoms with Crippen molar-refractivity contribution in [3.63, 3.8) is 0 Å². The van der Waals surface area contributed by atoms with Crippen LogP contribution in [0.25, 0.3) is 6.08 Å². The first-order valence-electron chi connectivity index (χ1n) is 7.79. The summed E-state index contributed by atoms with van der Waals surface area (Å²) in [6.07, 6.45) is -2.75. The van der Waals surface area contributed by atoms with Crippen LogP contribution in [0.2, 0.25) is 0 Å². The maximum Gasteiger partial charge on any atom is 0.418 e. The average Bonchev–Trinajstić information content (AvgIpc) is 2.60. The molecule has 0 unspecified atom stereocenters. The minimum absolute atomic E-state index is 0.0757. The van der Waals surface area contributed by atoms with Gasteiger partial charge in [-0.25, -0.2) is 0 Å². The van der Waals surface area contributed by atoms with E-state index in [0.717, 1.165) is 25.1 Å². The fourth-order valence-electron chi connectivity index (χ4n) is 2.30. The molecular weight excluding hydrogens is 379 g/mol. The molecule has 2 aromatic carbocycles. The largest absolute Gasteiger partial charge is 0.418 e. The summed E-state index contributed by atoms with van der Waals surface area (Å²) in [5.41, 5.74) is -1.86. The Bertz CT molecular complexity index is 955. The number of anilines is 2. The number of nitrogens with one attached hydrogen (secondary N) is 2. The van der Waals surface area contributed by atoms with Crippen LogP contribution in [-0.2, 0) is 15.8 Å². The molecule has 2 rings (SSSR count). The van der Waals surface area contributed by atoms with Crippen LogP contribution in [0.3, 0.4) is 0 Å². The van der Waals surface area contributed by atoms with E-state index in [1.54, 1.807) is 0 Å². The van der Waals surface area contributed by atoms with Crippen LogP contribution >= 0.6 is 0 Å². The number of nitro benzene ring substituents is 1. The zero-order valence-corrected chi connectivity index (χ0v) is 14.4. The van der Waals surface area contributed by atoms with Crippen LogP contribution in [0.1, 0.15) is 18.1 Å². The summed E-state index contributed by atoms with van der Waals surface area (Å²) in [7, 11) is 0. The maximum absolute atomic E-state index is 13.3. The van der Waals surface area contributed by atoms with Crippen molar-refractivity contribution in [3.05, 3.63) is 69.8 Å². The SMILES string of the molecule is CC(=O)Nc1ccc(NC(=O)/C=C/c2ccccc2[N+](=O)[O-])c(C(F)(F)F)c1. The molecule has 28 heavy (non-hydrogen) atoms.